The predicted octanol–water partition coefficient (Wildman–Crippen LogP) is 13.9. The fourth-order valence-corrected chi connectivity index (χ4v) is 7.89. The second-order valence-electron chi connectivity index (χ2n) is 14.2. The second-order valence-corrected chi connectivity index (χ2v) is 14.2. The third-order valence-corrected chi connectivity index (χ3v) is 10.9. The first-order valence-corrected chi connectivity index (χ1v) is 18.0. The molecule has 0 bridgehead atoms. The summed E-state index contributed by atoms with van der Waals surface area (Å²) in [6.45, 7) is 6.96. The maximum Gasteiger partial charge on any atom is 0.0618 e. The minimum absolute atomic E-state index is 0.0943. The van der Waals surface area contributed by atoms with Crippen molar-refractivity contribution >= 4 is 60.4 Å². The van der Waals surface area contributed by atoms with Crippen molar-refractivity contribution in [2.75, 3.05) is 4.90 Å². The van der Waals surface area contributed by atoms with E-state index >= 15 is 0 Å². The van der Waals surface area contributed by atoms with Crippen LogP contribution in [-0.2, 0) is 5.41 Å². The van der Waals surface area contributed by atoms with Crippen molar-refractivity contribution in [3.05, 3.63) is 181 Å². The molecule has 9 aromatic rings. The largest absolute Gasteiger partial charge is 0.309 e. The Morgan fingerprint density at radius 1 is 0.471 bits per heavy atom. The molecule has 0 aliphatic carbocycles. The monoisotopic (exact) mass is 656 g/mol. The van der Waals surface area contributed by atoms with Gasteiger partial charge in [0.05, 0.1) is 16.7 Å². The Kier molecular flexibility index (Phi) is 7.47. The van der Waals surface area contributed by atoms with Gasteiger partial charge in [0.25, 0.3) is 0 Å². The molecule has 2 heteroatoms. The minimum atomic E-state index is 0.0943. The molecular weight excluding hydrogens is 617 g/mol. The summed E-state index contributed by atoms with van der Waals surface area (Å²) >= 11 is 0. The van der Waals surface area contributed by atoms with Gasteiger partial charge in [-0.15, -0.1) is 0 Å². The van der Waals surface area contributed by atoms with Crippen molar-refractivity contribution < 1.29 is 0 Å². The van der Waals surface area contributed by atoms with Gasteiger partial charge in [0.15, 0.2) is 0 Å². The van der Waals surface area contributed by atoms with Gasteiger partial charge >= 0.3 is 0 Å². The molecule has 0 saturated heterocycles. The number of anilines is 3. The summed E-state index contributed by atoms with van der Waals surface area (Å²) in [6.07, 6.45) is 1.08. The van der Waals surface area contributed by atoms with E-state index in [-0.39, 0.29) is 5.41 Å². The van der Waals surface area contributed by atoms with Gasteiger partial charge < -0.3 is 9.47 Å². The van der Waals surface area contributed by atoms with Crippen LogP contribution in [0, 0.1) is 0 Å². The van der Waals surface area contributed by atoms with Crippen molar-refractivity contribution in [1.29, 1.82) is 0 Å². The van der Waals surface area contributed by atoms with Gasteiger partial charge in [-0.05, 0) is 87.8 Å². The lowest BCUT2D eigenvalue weighted by atomic mass is 9.80. The fraction of sp³-hybridized carbons (Fsp3) is 0.102. The second kappa shape index (κ2) is 12.3. The highest BCUT2D eigenvalue weighted by atomic mass is 15.1. The molecule has 0 spiro atoms. The molecular formula is C49H40N2. The zero-order valence-electron chi connectivity index (χ0n) is 29.3. The topological polar surface area (TPSA) is 8.17 Å². The number of para-hydroxylation sites is 3. The molecule has 0 amide bonds. The summed E-state index contributed by atoms with van der Waals surface area (Å²) in [5.74, 6) is 0. The molecule has 2 nitrogen and oxygen atoms in total. The number of aromatic nitrogens is 1. The molecule has 8 aromatic carbocycles. The van der Waals surface area contributed by atoms with Gasteiger partial charge in [0.1, 0.15) is 0 Å². The molecule has 0 aliphatic heterocycles. The highest BCUT2D eigenvalue weighted by Gasteiger charge is 2.24. The van der Waals surface area contributed by atoms with Gasteiger partial charge in [-0.25, -0.2) is 0 Å². The molecule has 1 aromatic heterocycles. The lowest BCUT2D eigenvalue weighted by Crippen LogP contribution is -2.15. The van der Waals surface area contributed by atoms with Crippen LogP contribution in [0.2, 0.25) is 0 Å². The molecule has 0 saturated carbocycles. The van der Waals surface area contributed by atoms with Gasteiger partial charge in [0, 0.05) is 38.6 Å². The summed E-state index contributed by atoms with van der Waals surface area (Å²) < 4.78 is 2.38. The standard InChI is InChI=1S/C49H40N2/c1-4-49(2,3)35-18-16-17-34(33-35)47-41-23-8-10-25-43(41)48(44-26-11-9-24-42(44)47)50(36-19-6-5-7-20-36)37-29-31-38(32-30-37)51-45-27-14-12-21-39(45)40-22-13-15-28-46(40)51/h5-33H,4H2,1-3H3. The maximum atomic E-state index is 2.45. The Bertz CT molecular complexity index is 2590. The zero-order valence-corrected chi connectivity index (χ0v) is 29.3. The van der Waals surface area contributed by atoms with Crippen LogP contribution in [0.3, 0.4) is 0 Å². The number of benzene rings is 8. The molecule has 0 aliphatic rings. The van der Waals surface area contributed by atoms with Crippen LogP contribution in [0.1, 0.15) is 32.8 Å². The number of rotatable bonds is 7. The van der Waals surface area contributed by atoms with Crippen LogP contribution >= 0.6 is 0 Å². The van der Waals surface area contributed by atoms with E-state index in [1.54, 1.807) is 0 Å². The molecule has 0 N–H and O–H groups in total. The fourth-order valence-electron chi connectivity index (χ4n) is 7.89. The Morgan fingerprint density at radius 3 is 1.53 bits per heavy atom. The van der Waals surface area contributed by atoms with Gasteiger partial charge in [-0.3, -0.25) is 0 Å². The Morgan fingerprint density at radius 2 is 0.961 bits per heavy atom. The first-order chi connectivity index (χ1) is 25.0. The van der Waals surface area contributed by atoms with Crippen molar-refractivity contribution in [3.8, 4) is 16.8 Å². The third-order valence-electron chi connectivity index (χ3n) is 10.9. The lowest BCUT2D eigenvalue weighted by Gasteiger charge is -2.30. The molecule has 1 heterocycles. The van der Waals surface area contributed by atoms with E-state index in [0.29, 0.717) is 0 Å². The first kappa shape index (κ1) is 30.9. The summed E-state index contributed by atoms with van der Waals surface area (Å²) in [5.41, 5.74) is 11.0. The average molecular weight is 657 g/mol. The van der Waals surface area contributed by atoms with Crippen LogP contribution in [0.5, 0.6) is 0 Å². The normalized spacial score (nSPS) is 11.9. The summed E-state index contributed by atoms with van der Waals surface area (Å²) in [5, 5.41) is 7.49. The van der Waals surface area contributed by atoms with E-state index in [2.05, 4.69) is 206 Å². The SMILES string of the molecule is CCC(C)(C)c1cccc(-c2c3ccccc3c(N(c3ccccc3)c3ccc(-n4c5ccccc5c5ccccc54)cc3)c3ccccc23)c1. The number of hydrogen-bond donors (Lipinski definition) is 0. The number of nitrogens with zero attached hydrogens (tertiary/aromatic N) is 2. The third kappa shape index (κ3) is 5.10. The number of fused-ring (bicyclic) bond motifs is 5. The van der Waals surface area contributed by atoms with E-state index in [4.69, 9.17) is 0 Å². The smallest absolute Gasteiger partial charge is 0.0618 e. The van der Waals surface area contributed by atoms with Gasteiger partial charge in [-0.1, -0.05) is 148 Å². The van der Waals surface area contributed by atoms with E-state index < -0.39 is 0 Å². The number of hydrogen-bond acceptors (Lipinski definition) is 1. The van der Waals surface area contributed by atoms with Gasteiger partial charge in [0.2, 0.25) is 0 Å². The van der Waals surface area contributed by atoms with Crippen LogP contribution in [0.25, 0.3) is 60.2 Å². The zero-order chi connectivity index (χ0) is 34.5. The van der Waals surface area contributed by atoms with E-state index in [1.807, 2.05) is 0 Å². The molecule has 51 heavy (non-hydrogen) atoms. The highest BCUT2D eigenvalue weighted by molar-refractivity contribution is 6.22. The van der Waals surface area contributed by atoms with Crippen LogP contribution in [-0.4, -0.2) is 4.57 Å². The van der Waals surface area contributed by atoms with E-state index in [1.165, 1.54) is 65.7 Å². The summed E-state index contributed by atoms with van der Waals surface area (Å²) in [6, 6.07) is 64.4. The molecule has 246 valence electrons. The summed E-state index contributed by atoms with van der Waals surface area (Å²) in [7, 11) is 0. The molecule has 0 unspecified atom stereocenters. The molecule has 0 radical (unpaired) electrons. The molecule has 0 fully saturated rings. The van der Waals surface area contributed by atoms with Crippen molar-refractivity contribution in [1.82, 2.24) is 4.57 Å². The Balaban J connectivity index is 1.28. The summed E-state index contributed by atoms with van der Waals surface area (Å²) in [4.78, 5) is 2.45. The van der Waals surface area contributed by atoms with Crippen LogP contribution < -0.4 is 4.90 Å². The van der Waals surface area contributed by atoms with Crippen LogP contribution in [0.4, 0.5) is 17.1 Å². The average Bonchev–Trinajstić information content (AvgIpc) is 3.53. The molecule has 0 atom stereocenters. The quantitative estimate of drug-likeness (QED) is 0.155. The highest BCUT2D eigenvalue weighted by Crippen LogP contribution is 2.48. The van der Waals surface area contributed by atoms with E-state index in [9.17, 15) is 0 Å². The van der Waals surface area contributed by atoms with E-state index in [0.717, 1.165) is 23.5 Å². The Labute approximate surface area is 299 Å². The van der Waals surface area contributed by atoms with Crippen molar-refractivity contribution in [2.45, 2.75) is 32.6 Å². The van der Waals surface area contributed by atoms with Gasteiger partial charge in [-0.2, -0.15) is 0 Å². The van der Waals surface area contributed by atoms with Crippen molar-refractivity contribution in [2.24, 2.45) is 0 Å². The predicted molar refractivity (Wildman–Crippen MR) is 219 cm³/mol. The molecule has 9 rings (SSSR count). The van der Waals surface area contributed by atoms with Crippen LogP contribution in [0.15, 0.2) is 176 Å². The van der Waals surface area contributed by atoms with Crippen molar-refractivity contribution in [3.63, 3.8) is 0 Å². The maximum absolute atomic E-state index is 2.45. The Hall–Kier alpha value is -6.12. The first-order valence-electron chi connectivity index (χ1n) is 18.0. The lowest BCUT2D eigenvalue weighted by molar-refractivity contribution is 0.506. The minimum Gasteiger partial charge on any atom is -0.309 e.